The lowest BCUT2D eigenvalue weighted by Crippen LogP contribution is -2.39. The Kier molecular flexibility index (Phi) is 10.6. The Labute approximate surface area is 122 Å². The molecule has 0 aromatic carbocycles. The highest BCUT2D eigenvalue weighted by atomic mass is 15.2. The molecule has 1 heterocycles. The molecule has 0 spiro atoms. The molecule has 1 saturated heterocycles. The van der Waals surface area contributed by atoms with Gasteiger partial charge >= 0.3 is 0 Å². The van der Waals surface area contributed by atoms with E-state index in [9.17, 15) is 0 Å². The Hall–Kier alpha value is -0.0800. The summed E-state index contributed by atoms with van der Waals surface area (Å²) in [4.78, 5) is 5.21. The minimum Gasteiger partial charge on any atom is -0.301 e. The second kappa shape index (κ2) is 10.7. The summed E-state index contributed by atoms with van der Waals surface area (Å²) in [6, 6.07) is 1.44. The Balaban J connectivity index is 0.00000154. The highest BCUT2D eigenvalue weighted by Crippen LogP contribution is 2.22. The van der Waals surface area contributed by atoms with Crippen LogP contribution in [0.3, 0.4) is 0 Å². The molecule has 0 aromatic rings. The van der Waals surface area contributed by atoms with Gasteiger partial charge in [0, 0.05) is 12.1 Å². The van der Waals surface area contributed by atoms with Crippen LogP contribution in [-0.2, 0) is 0 Å². The summed E-state index contributed by atoms with van der Waals surface area (Å²) in [5, 5.41) is 0. The summed E-state index contributed by atoms with van der Waals surface area (Å²) in [5.74, 6) is 0.970. The van der Waals surface area contributed by atoms with Gasteiger partial charge in [0.1, 0.15) is 0 Å². The van der Waals surface area contributed by atoms with Gasteiger partial charge in [-0.25, -0.2) is 0 Å². The van der Waals surface area contributed by atoms with Crippen LogP contribution in [0.1, 0.15) is 67.7 Å². The Bertz CT molecular complexity index is 193. The van der Waals surface area contributed by atoms with Crippen LogP contribution in [0.5, 0.6) is 0 Å². The third-order valence-corrected chi connectivity index (χ3v) is 4.34. The van der Waals surface area contributed by atoms with E-state index in [1.54, 1.807) is 0 Å². The number of likely N-dealkylation sites (tertiary alicyclic amines) is 1. The smallest absolute Gasteiger partial charge is 0.00385 e. The lowest BCUT2D eigenvalue weighted by molar-refractivity contribution is 0.132. The Morgan fingerprint density at radius 2 is 1.58 bits per heavy atom. The highest BCUT2D eigenvalue weighted by Gasteiger charge is 2.21. The van der Waals surface area contributed by atoms with Crippen molar-refractivity contribution in [1.82, 2.24) is 9.80 Å². The van der Waals surface area contributed by atoms with Crippen molar-refractivity contribution >= 4 is 0 Å². The SMILES string of the molecule is CC.CCN(CCC1CCN(C(C)C)CC1)C(C)C. The Morgan fingerprint density at radius 3 is 1.95 bits per heavy atom. The first kappa shape index (κ1) is 18.9. The quantitative estimate of drug-likeness (QED) is 0.712. The molecule has 1 rings (SSSR count). The zero-order valence-electron chi connectivity index (χ0n) is 14.6. The van der Waals surface area contributed by atoms with Gasteiger partial charge < -0.3 is 9.80 Å². The molecule has 1 fully saturated rings. The molecule has 19 heavy (non-hydrogen) atoms. The molecule has 0 saturated carbocycles. The second-order valence-corrected chi connectivity index (χ2v) is 6.08. The largest absolute Gasteiger partial charge is 0.301 e. The molecule has 0 radical (unpaired) electrons. The van der Waals surface area contributed by atoms with Gasteiger partial charge in [-0.3, -0.25) is 0 Å². The van der Waals surface area contributed by atoms with E-state index in [1.807, 2.05) is 13.8 Å². The zero-order valence-corrected chi connectivity index (χ0v) is 14.6. The molecule has 0 amide bonds. The van der Waals surface area contributed by atoms with Crippen LogP contribution in [0.2, 0.25) is 0 Å². The molecular weight excluding hydrogens is 232 g/mol. The third-order valence-electron chi connectivity index (χ3n) is 4.34. The van der Waals surface area contributed by atoms with Crippen molar-refractivity contribution in [2.75, 3.05) is 26.2 Å². The van der Waals surface area contributed by atoms with E-state index in [0.717, 1.165) is 12.0 Å². The number of piperidine rings is 1. The molecule has 116 valence electrons. The predicted molar refractivity (Wildman–Crippen MR) is 87.8 cm³/mol. The summed E-state index contributed by atoms with van der Waals surface area (Å²) >= 11 is 0. The molecule has 2 nitrogen and oxygen atoms in total. The average Bonchev–Trinajstić information content (AvgIpc) is 2.42. The van der Waals surface area contributed by atoms with E-state index in [4.69, 9.17) is 0 Å². The summed E-state index contributed by atoms with van der Waals surface area (Å²) in [7, 11) is 0. The van der Waals surface area contributed by atoms with E-state index in [2.05, 4.69) is 44.4 Å². The van der Waals surface area contributed by atoms with Gasteiger partial charge in [0.15, 0.2) is 0 Å². The number of hydrogen-bond donors (Lipinski definition) is 0. The first-order valence-electron chi connectivity index (χ1n) is 8.52. The van der Waals surface area contributed by atoms with Crippen molar-refractivity contribution in [1.29, 1.82) is 0 Å². The van der Waals surface area contributed by atoms with E-state index in [-0.39, 0.29) is 0 Å². The van der Waals surface area contributed by atoms with Crippen molar-refractivity contribution in [3.63, 3.8) is 0 Å². The second-order valence-electron chi connectivity index (χ2n) is 6.08. The number of nitrogens with zero attached hydrogens (tertiary/aromatic N) is 2. The fraction of sp³-hybridized carbons (Fsp3) is 1.00. The molecule has 0 aromatic heterocycles. The first-order chi connectivity index (χ1) is 9.04. The maximum absolute atomic E-state index is 2.62. The fourth-order valence-electron chi connectivity index (χ4n) is 2.89. The maximum Gasteiger partial charge on any atom is 0.00385 e. The fourth-order valence-corrected chi connectivity index (χ4v) is 2.89. The molecule has 1 aliphatic rings. The first-order valence-corrected chi connectivity index (χ1v) is 8.52. The number of hydrogen-bond acceptors (Lipinski definition) is 2. The standard InChI is InChI=1S/C15H32N2.C2H6/c1-6-16(13(2)3)10-7-15-8-11-17(12-9-15)14(4)5;1-2/h13-15H,6-12H2,1-5H3;1-2H3. The van der Waals surface area contributed by atoms with Gasteiger partial charge in [0.2, 0.25) is 0 Å². The lowest BCUT2D eigenvalue weighted by Gasteiger charge is -2.35. The van der Waals surface area contributed by atoms with Gasteiger partial charge in [-0.15, -0.1) is 0 Å². The summed E-state index contributed by atoms with van der Waals surface area (Å²) in [6.45, 7) is 20.7. The van der Waals surface area contributed by atoms with Crippen molar-refractivity contribution in [3.8, 4) is 0 Å². The van der Waals surface area contributed by atoms with Gasteiger partial charge in [0.25, 0.3) is 0 Å². The van der Waals surface area contributed by atoms with E-state index in [0.29, 0.717) is 6.04 Å². The van der Waals surface area contributed by atoms with Crippen LogP contribution in [0.15, 0.2) is 0 Å². The predicted octanol–water partition coefficient (Wildman–Crippen LogP) is 4.25. The molecule has 0 N–H and O–H groups in total. The minimum absolute atomic E-state index is 0.704. The zero-order chi connectivity index (χ0) is 14.8. The molecule has 1 aliphatic heterocycles. The summed E-state index contributed by atoms with van der Waals surface area (Å²) < 4.78 is 0. The van der Waals surface area contributed by atoms with E-state index < -0.39 is 0 Å². The van der Waals surface area contributed by atoms with Crippen molar-refractivity contribution in [3.05, 3.63) is 0 Å². The van der Waals surface area contributed by atoms with Crippen LogP contribution in [0.25, 0.3) is 0 Å². The molecule has 0 unspecified atom stereocenters. The molecule has 0 bridgehead atoms. The van der Waals surface area contributed by atoms with Gasteiger partial charge in [-0.1, -0.05) is 20.8 Å². The monoisotopic (exact) mass is 270 g/mol. The maximum atomic E-state index is 2.62. The van der Waals surface area contributed by atoms with Crippen molar-refractivity contribution in [2.45, 2.75) is 79.8 Å². The van der Waals surface area contributed by atoms with E-state index >= 15 is 0 Å². The van der Waals surface area contributed by atoms with E-state index in [1.165, 1.54) is 45.4 Å². The molecule has 2 heteroatoms. The van der Waals surface area contributed by atoms with Crippen molar-refractivity contribution < 1.29 is 0 Å². The topological polar surface area (TPSA) is 6.48 Å². The minimum atomic E-state index is 0.704. The van der Waals surface area contributed by atoms with Crippen LogP contribution in [-0.4, -0.2) is 48.1 Å². The lowest BCUT2D eigenvalue weighted by atomic mass is 9.92. The summed E-state index contributed by atoms with van der Waals surface area (Å²) in [6.07, 6.45) is 4.22. The van der Waals surface area contributed by atoms with Gasteiger partial charge in [-0.2, -0.15) is 0 Å². The van der Waals surface area contributed by atoms with Gasteiger partial charge in [0.05, 0.1) is 0 Å². The average molecular weight is 271 g/mol. The molecule has 0 atom stereocenters. The van der Waals surface area contributed by atoms with Crippen LogP contribution in [0, 0.1) is 5.92 Å². The number of rotatable bonds is 6. The van der Waals surface area contributed by atoms with Crippen molar-refractivity contribution in [2.24, 2.45) is 5.92 Å². The summed E-state index contributed by atoms with van der Waals surface area (Å²) in [5.41, 5.74) is 0. The van der Waals surface area contributed by atoms with Gasteiger partial charge in [-0.05, 0) is 79.1 Å². The normalized spacial score (nSPS) is 18.0. The highest BCUT2D eigenvalue weighted by molar-refractivity contribution is 4.75. The van der Waals surface area contributed by atoms with Crippen LogP contribution >= 0.6 is 0 Å². The van der Waals surface area contributed by atoms with Crippen LogP contribution < -0.4 is 0 Å². The van der Waals surface area contributed by atoms with Crippen LogP contribution in [0.4, 0.5) is 0 Å². The third kappa shape index (κ3) is 7.31. The molecular formula is C17H38N2. The molecule has 0 aliphatic carbocycles. The Morgan fingerprint density at radius 1 is 1.05 bits per heavy atom.